The van der Waals surface area contributed by atoms with Crippen LogP contribution in [-0.2, 0) is 13.1 Å². The molecule has 10 nitrogen and oxygen atoms in total. The van der Waals surface area contributed by atoms with Crippen molar-refractivity contribution in [1.82, 2.24) is 24.7 Å². The van der Waals surface area contributed by atoms with Gasteiger partial charge in [-0.3, -0.25) is 10.1 Å². The highest BCUT2D eigenvalue weighted by Crippen LogP contribution is 2.25. The third-order valence-corrected chi connectivity index (χ3v) is 2.71. The van der Waals surface area contributed by atoms with Crippen LogP contribution in [0.5, 0.6) is 0 Å². The molecule has 0 radical (unpaired) electrons. The standard InChI is InChI=1S/C10H14N8O2/c1-3-17-5-13-16-7(17)4-12-9-8(18(19)20)6(2)14-10(11)15-9/h5H,3-4H2,1-2H3,(H3,11,12,14,15). The molecule has 2 rings (SSSR count). The smallest absolute Gasteiger partial charge is 0.332 e. The number of nitro groups is 1. The van der Waals surface area contributed by atoms with E-state index in [0.717, 1.165) is 0 Å². The van der Waals surface area contributed by atoms with E-state index in [2.05, 4.69) is 25.5 Å². The average molecular weight is 278 g/mol. The fourth-order valence-corrected chi connectivity index (χ4v) is 1.77. The van der Waals surface area contributed by atoms with Crippen LogP contribution in [0.1, 0.15) is 18.4 Å². The van der Waals surface area contributed by atoms with Crippen LogP contribution in [0.15, 0.2) is 6.33 Å². The van der Waals surface area contributed by atoms with Gasteiger partial charge in [-0.15, -0.1) is 10.2 Å². The van der Waals surface area contributed by atoms with Crippen molar-refractivity contribution in [3.63, 3.8) is 0 Å². The molecule has 2 aromatic heterocycles. The third kappa shape index (κ3) is 2.63. The van der Waals surface area contributed by atoms with E-state index in [1.807, 2.05) is 11.5 Å². The zero-order valence-electron chi connectivity index (χ0n) is 11.1. The van der Waals surface area contributed by atoms with E-state index in [0.29, 0.717) is 12.4 Å². The van der Waals surface area contributed by atoms with Gasteiger partial charge >= 0.3 is 5.69 Å². The molecule has 0 aliphatic heterocycles. The number of hydrogen-bond acceptors (Lipinski definition) is 8. The van der Waals surface area contributed by atoms with Crippen molar-refractivity contribution in [2.75, 3.05) is 11.1 Å². The van der Waals surface area contributed by atoms with Crippen LogP contribution in [0.25, 0.3) is 0 Å². The second kappa shape index (κ2) is 5.47. The monoisotopic (exact) mass is 278 g/mol. The molecule has 0 saturated heterocycles. The Kier molecular flexibility index (Phi) is 3.73. The van der Waals surface area contributed by atoms with Crippen LogP contribution >= 0.6 is 0 Å². The van der Waals surface area contributed by atoms with Crippen molar-refractivity contribution >= 4 is 17.5 Å². The minimum absolute atomic E-state index is 0.0208. The van der Waals surface area contributed by atoms with E-state index in [9.17, 15) is 10.1 Å². The molecular formula is C10H14N8O2. The molecule has 0 aliphatic rings. The number of nitrogens with zero attached hydrogens (tertiary/aromatic N) is 6. The summed E-state index contributed by atoms with van der Waals surface area (Å²) in [4.78, 5) is 18.2. The van der Waals surface area contributed by atoms with Gasteiger partial charge in [0.15, 0.2) is 5.82 Å². The first-order chi connectivity index (χ1) is 9.52. The molecular weight excluding hydrogens is 264 g/mol. The predicted octanol–water partition coefficient (Wildman–Crippen LogP) is 0.499. The molecule has 0 aliphatic carbocycles. The summed E-state index contributed by atoms with van der Waals surface area (Å²) in [7, 11) is 0. The Morgan fingerprint density at radius 1 is 1.50 bits per heavy atom. The zero-order valence-corrected chi connectivity index (χ0v) is 11.1. The Balaban J connectivity index is 2.27. The molecule has 2 aromatic rings. The molecule has 0 bridgehead atoms. The van der Waals surface area contributed by atoms with Crippen LogP contribution in [0, 0.1) is 17.0 Å². The summed E-state index contributed by atoms with van der Waals surface area (Å²) in [6.07, 6.45) is 1.59. The van der Waals surface area contributed by atoms with E-state index in [-0.39, 0.29) is 29.7 Å². The first-order valence-corrected chi connectivity index (χ1v) is 5.92. The van der Waals surface area contributed by atoms with Gasteiger partial charge in [0.05, 0.1) is 11.5 Å². The van der Waals surface area contributed by atoms with Crippen LogP contribution in [0.3, 0.4) is 0 Å². The van der Waals surface area contributed by atoms with Crippen molar-refractivity contribution in [1.29, 1.82) is 0 Å². The molecule has 0 unspecified atom stereocenters. The lowest BCUT2D eigenvalue weighted by molar-refractivity contribution is -0.385. The van der Waals surface area contributed by atoms with Gasteiger partial charge in [0, 0.05) is 6.54 Å². The summed E-state index contributed by atoms with van der Waals surface area (Å²) in [5, 5.41) is 21.6. The second-order valence-corrected chi connectivity index (χ2v) is 4.01. The lowest BCUT2D eigenvalue weighted by Gasteiger charge is -2.08. The van der Waals surface area contributed by atoms with E-state index in [1.165, 1.54) is 6.92 Å². The maximum atomic E-state index is 11.0. The van der Waals surface area contributed by atoms with E-state index < -0.39 is 4.92 Å². The number of aryl methyl sites for hydroxylation is 2. The first-order valence-electron chi connectivity index (χ1n) is 5.92. The van der Waals surface area contributed by atoms with Gasteiger partial charge in [0.2, 0.25) is 11.8 Å². The van der Waals surface area contributed by atoms with Crippen molar-refractivity contribution in [2.24, 2.45) is 0 Å². The Morgan fingerprint density at radius 2 is 2.25 bits per heavy atom. The molecule has 0 fully saturated rings. The molecule has 0 aromatic carbocycles. The van der Waals surface area contributed by atoms with Crippen LogP contribution in [0.4, 0.5) is 17.5 Å². The van der Waals surface area contributed by atoms with Gasteiger partial charge < -0.3 is 15.6 Å². The molecule has 0 atom stereocenters. The van der Waals surface area contributed by atoms with Crippen molar-refractivity contribution in [3.05, 3.63) is 28.0 Å². The summed E-state index contributed by atoms with van der Waals surface area (Å²) in [6.45, 7) is 4.42. The van der Waals surface area contributed by atoms with Gasteiger partial charge in [-0.05, 0) is 13.8 Å². The number of nitrogen functional groups attached to an aromatic ring is 1. The number of anilines is 2. The molecule has 0 spiro atoms. The lowest BCUT2D eigenvalue weighted by atomic mass is 10.3. The van der Waals surface area contributed by atoms with Crippen LogP contribution < -0.4 is 11.1 Å². The summed E-state index contributed by atoms with van der Waals surface area (Å²) >= 11 is 0. The number of nitrogens with one attached hydrogen (secondary N) is 1. The van der Waals surface area contributed by atoms with E-state index in [1.54, 1.807) is 6.33 Å². The van der Waals surface area contributed by atoms with Crippen molar-refractivity contribution < 1.29 is 4.92 Å². The summed E-state index contributed by atoms with van der Waals surface area (Å²) in [5.74, 6) is 0.704. The summed E-state index contributed by atoms with van der Waals surface area (Å²) < 4.78 is 1.82. The quantitative estimate of drug-likeness (QED) is 0.595. The Hall–Kier alpha value is -2.78. The molecule has 106 valence electrons. The van der Waals surface area contributed by atoms with Crippen molar-refractivity contribution in [3.8, 4) is 0 Å². The first kappa shape index (κ1) is 13.6. The van der Waals surface area contributed by atoms with Crippen LogP contribution in [-0.4, -0.2) is 29.7 Å². The number of aromatic nitrogens is 5. The number of nitrogens with two attached hydrogens (primary N) is 1. The highest BCUT2D eigenvalue weighted by molar-refractivity contribution is 5.60. The lowest BCUT2D eigenvalue weighted by Crippen LogP contribution is -2.12. The summed E-state index contributed by atoms with van der Waals surface area (Å²) in [6, 6.07) is 0. The number of rotatable bonds is 5. The zero-order chi connectivity index (χ0) is 14.7. The fraction of sp³-hybridized carbons (Fsp3) is 0.400. The van der Waals surface area contributed by atoms with Gasteiger partial charge in [0.1, 0.15) is 12.0 Å². The minimum atomic E-state index is -0.540. The Labute approximate surface area is 114 Å². The highest BCUT2D eigenvalue weighted by atomic mass is 16.6. The SMILES string of the molecule is CCn1cnnc1CNc1nc(N)nc(C)c1[N+](=O)[O-]. The Bertz CT molecular complexity index is 638. The topological polar surface area (TPSA) is 138 Å². The summed E-state index contributed by atoms with van der Waals surface area (Å²) in [5.41, 5.74) is 5.53. The van der Waals surface area contributed by atoms with Gasteiger partial charge in [0.25, 0.3) is 0 Å². The number of hydrogen-bond donors (Lipinski definition) is 2. The normalized spacial score (nSPS) is 10.5. The third-order valence-electron chi connectivity index (χ3n) is 2.71. The minimum Gasteiger partial charge on any atom is -0.368 e. The molecule has 3 N–H and O–H groups in total. The molecule has 0 amide bonds. The second-order valence-electron chi connectivity index (χ2n) is 4.01. The van der Waals surface area contributed by atoms with Gasteiger partial charge in [-0.1, -0.05) is 0 Å². The molecule has 20 heavy (non-hydrogen) atoms. The van der Waals surface area contributed by atoms with Crippen molar-refractivity contribution in [2.45, 2.75) is 26.9 Å². The maximum Gasteiger partial charge on any atom is 0.332 e. The largest absolute Gasteiger partial charge is 0.368 e. The van der Waals surface area contributed by atoms with Gasteiger partial charge in [-0.25, -0.2) is 4.98 Å². The highest BCUT2D eigenvalue weighted by Gasteiger charge is 2.21. The maximum absolute atomic E-state index is 11.0. The van der Waals surface area contributed by atoms with E-state index in [4.69, 9.17) is 5.73 Å². The van der Waals surface area contributed by atoms with Crippen LogP contribution in [0.2, 0.25) is 0 Å². The molecule has 2 heterocycles. The van der Waals surface area contributed by atoms with E-state index >= 15 is 0 Å². The fourth-order valence-electron chi connectivity index (χ4n) is 1.77. The average Bonchev–Trinajstić information content (AvgIpc) is 2.82. The van der Waals surface area contributed by atoms with Gasteiger partial charge in [-0.2, -0.15) is 4.98 Å². The predicted molar refractivity (Wildman–Crippen MR) is 70.9 cm³/mol. The molecule has 10 heteroatoms. The Morgan fingerprint density at radius 3 is 2.90 bits per heavy atom. The molecule has 0 saturated carbocycles.